The monoisotopic (exact) mass is 425 g/mol. The Morgan fingerprint density at radius 2 is 1.69 bits per heavy atom. The summed E-state index contributed by atoms with van der Waals surface area (Å²) in [5.74, 6) is 1.74. The molecule has 2 aliphatic heterocycles. The lowest BCUT2D eigenvalue weighted by Gasteiger charge is -2.34. The summed E-state index contributed by atoms with van der Waals surface area (Å²) < 4.78 is 10.5. The minimum Gasteiger partial charge on any atom is -0.497 e. The number of ether oxygens (including phenoxy) is 2. The van der Waals surface area contributed by atoms with Crippen LogP contribution in [0.1, 0.15) is 36.5 Å². The molecule has 0 saturated carbocycles. The van der Waals surface area contributed by atoms with E-state index >= 15 is 0 Å². The van der Waals surface area contributed by atoms with Crippen molar-refractivity contribution in [1.29, 1.82) is 0 Å². The van der Waals surface area contributed by atoms with Crippen LogP contribution in [0.3, 0.4) is 0 Å². The highest BCUT2D eigenvalue weighted by Gasteiger charge is 2.37. The maximum atomic E-state index is 12.9. The normalized spacial score (nSPS) is 22.2. The number of carbonyl (C=O) groups excluding carboxylic acids is 2. The van der Waals surface area contributed by atoms with Crippen LogP contribution in [-0.2, 0) is 4.79 Å². The second-order valence-corrected chi connectivity index (χ2v) is 7.84. The predicted octanol–water partition coefficient (Wildman–Crippen LogP) is 2.17. The van der Waals surface area contributed by atoms with Gasteiger partial charge in [0.2, 0.25) is 5.91 Å². The molecule has 0 aliphatic carbocycles. The Bertz CT molecular complexity index is 700. The number of nitrogens with zero attached hydrogens (tertiary/aromatic N) is 2. The smallest absolute Gasteiger partial charge is 0.254 e. The molecular formula is C21H32ClN3O4. The molecule has 2 amide bonds. The van der Waals surface area contributed by atoms with Crippen LogP contribution in [0.4, 0.5) is 0 Å². The van der Waals surface area contributed by atoms with Crippen molar-refractivity contribution in [3.63, 3.8) is 0 Å². The summed E-state index contributed by atoms with van der Waals surface area (Å²) in [7, 11) is 3.13. The van der Waals surface area contributed by atoms with Crippen LogP contribution in [0.2, 0.25) is 0 Å². The van der Waals surface area contributed by atoms with Crippen molar-refractivity contribution in [3.05, 3.63) is 23.8 Å². The highest BCUT2D eigenvalue weighted by atomic mass is 35.5. The maximum Gasteiger partial charge on any atom is 0.254 e. The molecule has 29 heavy (non-hydrogen) atoms. The van der Waals surface area contributed by atoms with Crippen molar-refractivity contribution in [1.82, 2.24) is 9.80 Å². The first-order valence-corrected chi connectivity index (χ1v) is 9.99. The second-order valence-electron chi connectivity index (χ2n) is 7.84. The first kappa shape index (κ1) is 23.3. The number of piperidine rings is 1. The van der Waals surface area contributed by atoms with Crippen LogP contribution in [-0.4, -0.2) is 68.1 Å². The molecule has 2 fully saturated rings. The van der Waals surface area contributed by atoms with Crippen molar-refractivity contribution in [2.24, 2.45) is 17.6 Å². The molecule has 2 unspecified atom stereocenters. The zero-order valence-electron chi connectivity index (χ0n) is 17.4. The Kier molecular flexibility index (Phi) is 8.16. The standard InChI is InChI=1S/C21H31N3O4.ClH/c1-14-8-15(12-22)13-24(14)21(26)16-4-6-23(7-5-16)20(25)17-9-18(27-2)11-19(10-17)28-3;/h9-11,14-16H,4-8,12-13,22H2,1-3H3;1H. The van der Waals surface area contributed by atoms with E-state index in [1.54, 1.807) is 32.4 Å². The van der Waals surface area contributed by atoms with Crippen molar-refractivity contribution in [3.8, 4) is 11.5 Å². The van der Waals surface area contributed by atoms with Gasteiger partial charge in [0.1, 0.15) is 11.5 Å². The minimum atomic E-state index is -0.0548. The Morgan fingerprint density at radius 3 is 2.17 bits per heavy atom. The fourth-order valence-electron chi connectivity index (χ4n) is 4.30. The Hall–Kier alpha value is -1.99. The van der Waals surface area contributed by atoms with Gasteiger partial charge < -0.3 is 25.0 Å². The van der Waals surface area contributed by atoms with Crippen LogP contribution in [0, 0.1) is 11.8 Å². The Morgan fingerprint density at radius 1 is 1.10 bits per heavy atom. The van der Waals surface area contributed by atoms with Gasteiger partial charge in [0, 0.05) is 43.2 Å². The number of likely N-dealkylation sites (tertiary alicyclic amines) is 2. The van der Waals surface area contributed by atoms with Gasteiger partial charge in [0.05, 0.1) is 14.2 Å². The summed E-state index contributed by atoms with van der Waals surface area (Å²) >= 11 is 0. The van der Waals surface area contributed by atoms with Gasteiger partial charge in [0.25, 0.3) is 5.91 Å². The number of hydrogen-bond donors (Lipinski definition) is 1. The summed E-state index contributed by atoms with van der Waals surface area (Å²) in [4.78, 5) is 29.6. The summed E-state index contributed by atoms with van der Waals surface area (Å²) in [6.07, 6.45) is 2.38. The Labute approximate surface area is 178 Å². The largest absolute Gasteiger partial charge is 0.497 e. The molecule has 2 N–H and O–H groups in total. The van der Waals surface area contributed by atoms with Gasteiger partial charge in [-0.05, 0) is 50.8 Å². The molecule has 3 rings (SSSR count). The number of nitrogens with two attached hydrogens (primary N) is 1. The molecular weight excluding hydrogens is 394 g/mol. The molecule has 2 heterocycles. The van der Waals surface area contributed by atoms with Gasteiger partial charge in [-0.25, -0.2) is 0 Å². The van der Waals surface area contributed by atoms with E-state index in [0.29, 0.717) is 55.5 Å². The number of carbonyl (C=O) groups is 2. The van der Waals surface area contributed by atoms with Crippen LogP contribution in [0.15, 0.2) is 18.2 Å². The number of benzene rings is 1. The predicted molar refractivity (Wildman–Crippen MR) is 114 cm³/mol. The van der Waals surface area contributed by atoms with Crippen molar-refractivity contribution >= 4 is 24.2 Å². The molecule has 7 nitrogen and oxygen atoms in total. The Balaban J connectivity index is 0.00000300. The molecule has 1 aromatic rings. The number of amides is 2. The molecule has 0 radical (unpaired) electrons. The fraction of sp³-hybridized carbons (Fsp3) is 0.619. The topological polar surface area (TPSA) is 85.1 Å². The van der Waals surface area contributed by atoms with Gasteiger partial charge in [-0.15, -0.1) is 12.4 Å². The van der Waals surface area contributed by atoms with Gasteiger partial charge in [-0.1, -0.05) is 0 Å². The van der Waals surface area contributed by atoms with E-state index in [1.165, 1.54) is 0 Å². The van der Waals surface area contributed by atoms with E-state index in [9.17, 15) is 9.59 Å². The quantitative estimate of drug-likeness (QED) is 0.781. The number of hydrogen-bond acceptors (Lipinski definition) is 5. The summed E-state index contributed by atoms with van der Waals surface area (Å²) in [6.45, 7) is 4.65. The van der Waals surface area contributed by atoms with E-state index in [4.69, 9.17) is 15.2 Å². The van der Waals surface area contributed by atoms with Gasteiger partial charge >= 0.3 is 0 Å². The highest BCUT2D eigenvalue weighted by molar-refractivity contribution is 5.95. The molecule has 2 aliphatic rings. The summed E-state index contributed by atoms with van der Waals surface area (Å²) in [5.41, 5.74) is 6.33. The second kappa shape index (κ2) is 10.2. The molecule has 0 aromatic heterocycles. The first-order valence-electron chi connectivity index (χ1n) is 9.99. The average Bonchev–Trinajstić information content (AvgIpc) is 3.13. The number of halogens is 1. The lowest BCUT2D eigenvalue weighted by Crippen LogP contribution is -2.45. The lowest BCUT2D eigenvalue weighted by molar-refractivity contribution is -0.137. The zero-order chi connectivity index (χ0) is 20.3. The van der Waals surface area contributed by atoms with Gasteiger partial charge in [0.15, 0.2) is 0 Å². The van der Waals surface area contributed by atoms with Gasteiger partial charge in [-0.3, -0.25) is 9.59 Å². The molecule has 1 aromatic carbocycles. The molecule has 2 atom stereocenters. The number of methoxy groups -OCH3 is 2. The van der Waals surface area contributed by atoms with Crippen LogP contribution in [0.5, 0.6) is 11.5 Å². The van der Waals surface area contributed by atoms with Crippen molar-refractivity contribution in [2.45, 2.75) is 32.2 Å². The van der Waals surface area contributed by atoms with Gasteiger partial charge in [-0.2, -0.15) is 0 Å². The molecule has 0 spiro atoms. The third-order valence-corrected chi connectivity index (χ3v) is 6.01. The number of rotatable bonds is 5. The average molecular weight is 426 g/mol. The third kappa shape index (κ3) is 5.14. The molecule has 0 bridgehead atoms. The van der Waals surface area contributed by atoms with Crippen LogP contribution < -0.4 is 15.2 Å². The van der Waals surface area contributed by atoms with E-state index in [-0.39, 0.29) is 36.2 Å². The maximum absolute atomic E-state index is 12.9. The summed E-state index contributed by atoms with van der Waals surface area (Å²) in [6, 6.07) is 5.44. The molecule has 2 saturated heterocycles. The first-order chi connectivity index (χ1) is 13.5. The van der Waals surface area contributed by atoms with Crippen molar-refractivity contribution in [2.75, 3.05) is 40.4 Å². The van der Waals surface area contributed by atoms with Crippen molar-refractivity contribution < 1.29 is 19.1 Å². The zero-order valence-corrected chi connectivity index (χ0v) is 18.2. The SMILES string of the molecule is COc1cc(OC)cc(C(=O)N2CCC(C(=O)N3CC(CN)CC3C)CC2)c1.Cl. The summed E-state index contributed by atoms with van der Waals surface area (Å²) in [5, 5.41) is 0. The van der Waals surface area contributed by atoms with Crippen LogP contribution >= 0.6 is 12.4 Å². The molecule has 8 heteroatoms. The fourth-order valence-corrected chi connectivity index (χ4v) is 4.30. The molecule has 162 valence electrons. The van der Waals surface area contributed by atoms with E-state index < -0.39 is 0 Å². The minimum absolute atomic E-state index is 0. The van der Waals surface area contributed by atoms with E-state index in [1.807, 2.05) is 9.80 Å². The highest BCUT2D eigenvalue weighted by Crippen LogP contribution is 2.29. The lowest BCUT2D eigenvalue weighted by atomic mass is 9.94. The van der Waals surface area contributed by atoms with E-state index in [2.05, 4.69) is 6.92 Å². The van der Waals surface area contributed by atoms with Crippen LogP contribution in [0.25, 0.3) is 0 Å². The van der Waals surface area contributed by atoms with E-state index in [0.717, 1.165) is 13.0 Å². The third-order valence-electron chi connectivity index (χ3n) is 6.01.